The summed E-state index contributed by atoms with van der Waals surface area (Å²) in [5, 5.41) is 12.8. The molecule has 0 amide bonds. The van der Waals surface area contributed by atoms with E-state index in [-0.39, 0.29) is 25.1 Å². The van der Waals surface area contributed by atoms with Crippen LogP contribution >= 0.6 is 11.6 Å². The van der Waals surface area contributed by atoms with E-state index in [2.05, 4.69) is 20.0 Å². The molecular weight excluding hydrogens is 502 g/mol. The first-order valence-corrected chi connectivity index (χ1v) is 11.4. The lowest BCUT2D eigenvalue weighted by atomic mass is 10.2. The average Bonchev–Trinajstić information content (AvgIpc) is 3.19. The number of nitrogens with zero attached hydrogens (tertiary/aromatic N) is 4. The summed E-state index contributed by atoms with van der Waals surface area (Å²) in [6, 6.07) is 11.4. The predicted octanol–water partition coefficient (Wildman–Crippen LogP) is 3.96. The highest BCUT2D eigenvalue weighted by atomic mass is 35.5. The molecule has 14 heteroatoms. The van der Waals surface area contributed by atoms with Crippen molar-refractivity contribution in [2.24, 2.45) is 0 Å². The maximum Gasteiger partial charge on any atom is 0.419 e. The second-order valence-corrected chi connectivity index (χ2v) is 9.00. The lowest BCUT2D eigenvalue weighted by Gasteiger charge is -2.11. The standard InChI is InChI=1S/C20H14ClF4N5O3S/c21-15-4-2-1-3-13(15)19-28-27-17-7-8-18(29-30(17)19)33-10-9-26-34(31,32)12-5-6-16(22)14(11-12)20(23,24)25/h1-8,11,26H,9-10H2. The van der Waals surface area contributed by atoms with Crippen molar-refractivity contribution in [2.45, 2.75) is 11.1 Å². The first-order chi connectivity index (χ1) is 16.1. The van der Waals surface area contributed by atoms with Crippen molar-refractivity contribution in [3.63, 3.8) is 0 Å². The number of aromatic nitrogens is 4. The van der Waals surface area contributed by atoms with Gasteiger partial charge in [-0.25, -0.2) is 17.5 Å². The number of halogens is 5. The Kier molecular flexibility index (Phi) is 6.43. The third-order valence-corrected chi connectivity index (χ3v) is 6.34. The summed E-state index contributed by atoms with van der Waals surface area (Å²) in [6.45, 7) is -0.491. The summed E-state index contributed by atoms with van der Waals surface area (Å²) in [4.78, 5) is -0.727. The lowest BCUT2D eigenvalue weighted by molar-refractivity contribution is -0.140. The molecule has 0 atom stereocenters. The maximum absolute atomic E-state index is 13.4. The van der Waals surface area contributed by atoms with Crippen molar-refractivity contribution in [3.05, 3.63) is 71.0 Å². The minimum absolute atomic E-state index is 0.112. The monoisotopic (exact) mass is 515 g/mol. The van der Waals surface area contributed by atoms with Crippen molar-refractivity contribution in [2.75, 3.05) is 13.2 Å². The molecule has 0 aliphatic heterocycles. The molecule has 34 heavy (non-hydrogen) atoms. The van der Waals surface area contributed by atoms with Crippen LogP contribution in [-0.2, 0) is 16.2 Å². The Labute approximate surface area is 195 Å². The Morgan fingerprint density at radius 1 is 1.06 bits per heavy atom. The van der Waals surface area contributed by atoms with E-state index < -0.39 is 32.5 Å². The molecule has 2 heterocycles. The zero-order chi connectivity index (χ0) is 24.5. The van der Waals surface area contributed by atoms with Gasteiger partial charge in [0.1, 0.15) is 12.4 Å². The van der Waals surface area contributed by atoms with Crippen LogP contribution in [0.1, 0.15) is 5.56 Å². The van der Waals surface area contributed by atoms with Crippen molar-refractivity contribution < 1.29 is 30.7 Å². The molecule has 178 valence electrons. The molecule has 2 aromatic heterocycles. The number of nitrogens with one attached hydrogen (secondary N) is 1. The highest BCUT2D eigenvalue weighted by molar-refractivity contribution is 7.89. The summed E-state index contributed by atoms with van der Waals surface area (Å²) in [6.07, 6.45) is -5.03. The molecule has 0 aliphatic carbocycles. The van der Waals surface area contributed by atoms with Crippen molar-refractivity contribution in [3.8, 4) is 17.3 Å². The molecule has 0 radical (unpaired) electrons. The van der Waals surface area contributed by atoms with E-state index >= 15 is 0 Å². The van der Waals surface area contributed by atoms with E-state index in [1.165, 1.54) is 10.6 Å². The highest BCUT2D eigenvalue weighted by Crippen LogP contribution is 2.32. The van der Waals surface area contributed by atoms with Crippen LogP contribution in [0.4, 0.5) is 17.6 Å². The molecular formula is C20H14ClF4N5O3S. The minimum Gasteiger partial charge on any atom is -0.475 e. The number of fused-ring (bicyclic) bond motifs is 1. The molecule has 4 aromatic rings. The number of rotatable bonds is 7. The maximum atomic E-state index is 13.4. The smallest absolute Gasteiger partial charge is 0.419 e. The highest BCUT2D eigenvalue weighted by Gasteiger charge is 2.35. The topological polar surface area (TPSA) is 98.5 Å². The van der Waals surface area contributed by atoms with E-state index in [1.54, 1.807) is 30.3 Å². The number of ether oxygens (including phenoxy) is 1. The van der Waals surface area contributed by atoms with Crippen LogP contribution in [0.25, 0.3) is 17.0 Å². The largest absolute Gasteiger partial charge is 0.475 e. The third kappa shape index (κ3) is 4.95. The van der Waals surface area contributed by atoms with Gasteiger partial charge >= 0.3 is 6.18 Å². The van der Waals surface area contributed by atoms with Gasteiger partial charge < -0.3 is 4.74 Å². The fourth-order valence-corrected chi connectivity index (χ4v) is 4.22. The van der Waals surface area contributed by atoms with Crippen LogP contribution in [-0.4, -0.2) is 41.4 Å². The van der Waals surface area contributed by atoms with E-state index in [0.717, 1.165) is 6.07 Å². The van der Waals surface area contributed by atoms with Gasteiger partial charge in [-0.3, -0.25) is 0 Å². The van der Waals surface area contributed by atoms with E-state index in [9.17, 15) is 26.0 Å². The van der Waals surface area contributed by atoms with Crippen LogP contribution in [0.3, 0.4) is 0 Å². The van der Waals surface area contributed by atoms with Gasteiger partial charge in [0.05, 0.1) is 15.5 Å². The summed E-state index contributed by atoms with van der Waals surface area (Å²) in [5.74, 6) is -1.09. The van der Waals surface area contributed by atoms with E-state index in [1.807, 2.05) is 0 Å². The molecule has 0 saturated carbocycles. The zero-order valence-electron chi connectivity index (χ0n) is 16.9. The van der Waals surface area contributed by atoms with Crippen LogP contribution in [0.2, 0.25) is 5.02 Å². The van der Waals surface area contributed by atoms with Gasteiger partial charge in [0.15, 0.2) is 11.5 Å². The molecule has 0 saturated heterocycles. The number of alkyl halides is 3. The number of hydrogen-bond donors (Lipinski definition) is 1. The normalized spacial score (nSPS) is 12.3. The average molecular weight is 516 g/mol. The van der Waals surface area contributed by atoms with Crippen molar-refractivity contribution in [1.29, 1.82) is 0 Å². The number of hydrogen-bond acceptors (Lipinski definition) is 6. The fraction of sp³-hybridized carbons (Fsp3) is 0.150. The van der Waals surface area contributed by atoms with E-state index in [0.29, 0.717) is 28.1 Å². The Hall–Kier alpha value is -3.29. The van der Waals surface area contributed by atoms with Gasteiger partial charge in [0.2, 0.25) is 15.9 Å². The molecule has 2 aromatic carbocycles. The second-order valence-electron chi connectivity index (χ2n) is 6.83. The summed E-state index contributed by atoms with van der Waals surface area (Å²) in [7, 11) is -4.34. The van der Waals surface area contributed by atoms with E-state index in [4.69, 9.17) is 16.3 Å². The molecule has 0 aliphatic rings. The number of benzene rings is 2. The van der Waals surface area contributed by atoms with Gasteiger partial charge in [0.25, 0.3) is 0 Å². The Bertz CT molecular complexity index is 1460. The summed E-state index contributed by atoms with van der Waals surface area (Å²) < 4.78 is 85.5. The fourth-order valence-electron chi connectivity index (χ4n) is 2.96. The van der Waals surface area contributed by atoms with Crippen LogP contribution in [0.5, 0.6) is 5.88 Å². The van der Waals surface area contributed by atoms with Crippen molar-refractivity contribution >= 4 is 27.3 Å². The summed E-state index contributed by atoms with van der Waals surface area (Å²) in [5.41, 5.74) is -0.668. The quantitative estimate of drug-likeness (QED) is 0.295. The first kappa shape index (κ1) is 23.9. The SMILES string of the molecule is O=S(=O)(NCCOc1ccc2nnc(-c3ccccc3Cl)n2n1)c1ccc(F)c(C(F)(F)F)c1. The Morgan fingerprint density at radius 3 is 2.56 bits per heavy atom. The lowest BCUT2D eigenvalue weighted by Crippen LogP contribution is -2.28. The van der Waals surface area contributed by atoms with Gasteiger partial charge in [-0.05, 0) is 36.4 Å². The third-order valence-electron chi connectivity index (χ3n) is 4.55. The Balaban J connectivity index is 1.44. The van der Waals surface area contributed by atoms with Gasteiger partial charge in [-0.15, -0.1) is 15.3 Å². The predicted molar refractivity (Wildman–Crippen MR) is 113 cm³/mol. The first-order valence-electron chi connectivity index (χ1n) is 9.53. The van der Waals surface area contributed by atoms with Gasteiger partial charge in [-0.1, -0.05) is 23.7 Å². The number of sulfonamides is 1. The van der Waals surface area contributed by atoms with Crippen LogP contribution < -0.4 is 9.46 Å². The Morgan fingerprint density at radius 2 is 1.82 bits per heavy atom. The van der Waals surface area contributed by atoms with Crippen LogP contribution in [0.15, 0.2) is 59.5 Å². The molecule has 4 rings (SSSR count). The van der Waals surface area contributed by atoms with Gasteiger partial charge in [0, 0.05) is 18.2 Å². The van der Waals surface area contributed by atoms with Gasteiger partial charge in [-0.2, -0.15) is 17.7 Å². The van der Waals surface area contributed by atoms with Crippen LogP contribution in [0, 0.1) is 5.82 Å². The molecule has 0 unspecified atom stereocenters. The van der Waals surface area contributed by atoms with Crippen molar-refractivity contribution in [1.82, 2.24) is 24.5 Å². The molecule has 0 spiro atoms. The second kappa shape index (κ2) is 9.16. The minimum atomic E-state index is -5.03. The molecule has 1 N–H and O–H groups in total. The molecule has 8 nitrogen and oxygen atoms in total. The summed E-state index contributed by atoms with van der Waals surface area (Å²) >= 11 is 6.21. The zero-order valence-corrected chi connectivity index (χ0v) is 18.5. The molecule has 0 fully saturated rings. The molecule has 0 bridgehead atoms.